The number of carbonyl (C=O) groups is 1. The van der Waals surface area contributed by atoms with Crippen molar-refractivity contribution in [3.63, 3.8) is 0 Å². The number of carboxylic acid groups (broad SMARTS) is 1. The van der Waals surface area contributed by atoms with Crippen molar-refractivity contribution in [1.82, 2.24) is 19.7 Å². The molecule has 0 spiro atoms. The van der Waals surface area contributed by atoms with Gasteiger partial charge in [0.2, 0.25) is 0 Å². The van der Waals surface area contributed by atoms with Crippen LogP contribution in [-0.4, -0.2) is 36.6 Å². The molecule has 0 bridgehead atoms. The highest BCUT2D eigenvalue weighted by molar-refractivity contribution is 7.99. The summed E-state index contributed by atoms with van der Waals surface area (Å²) in [5.74, 6) is -1.14. The van der Waals surface area contributed by atoms with Crippen LogP contribution in [0.25, 0.3) is 16.6 Å². The van der Waals surface area contributed by atoms with Crippen molar-refractivity contribution in [2.24, 2.45) is 0 Å². The van der Waals surface area contributed by atoms with Crippen molar-refractivity contribution in [3.05, 3.63) is 47.0 Å². The summed E-state index contributed by atoms with van der Waals surface area (Å²) in [6.45, 7) is 0. The van der Waals surface area contributed by atoms with E-state index in [2.05, 4.69) is 15.2 Å². The number of carboxylic acids is 1. The van der Waals surface area contributed by atoms with E-state index in [1.807, 2.05) is 12.1 Å². The Bertz CT molecular complexity index is 866. The Balaban J connectivity index is 2.17. The minimum atomic E-state index is -0.971. The van der Waals surface area contributed by atoms with Crippen LogP contribution in [0.1, 0.15) is 0 Å². The molecule has 0 saturated heterocycles. The number of nitrogens with one attached hydrogen (secondary N) is 1. The van der Waals surface area contributed by atoms with Gasteiger partial charge in [-0.25, -0.2) is 14.5 Å². The van der Waals surface area contributed by atoms with Crippen LogP contribution < -0.4 is 5.69 Å². The van der Waals surface area contributed by atoms with Crippen LogP contribution in [0.4, 0.5) is 0 Å². The Morgan fingerprint density at radius 1 is 1.33 bits per heavy atom. The van der Waals surface area contributed by atoms with E-state index in [0.29, 0.717) is 10.8 Å². The third-order valence-electron chi connectivity index (χ3n) is 2.83. The monoisotopic (exact) mass is 302 g/mol. The third-order valence-corrected chi connectivity index (χ3v) is 3.75. The van der Waals surface area contributed by atoms with E-state index in [0.717, 1.165) is 22.7 Å². The van der Waals surface area contributed by atoms with E-state index in [9.17, 15) is 9.59 Å². The second kappa shape index (κ2) is 5.41. The van der Waals surface area contributed by atoms with E-state index >= 15 is 0 Å². The lowest BCUT2D eigenvalue weighted by Gasteiger charge is -2.07. The molecule has 0 amide bonds. The largest absolute Gasteiger partial charge is 0.481 e. The van der Waals surface area contributed by atoms with Crippen LogP contribution in [0.3, 0.4) is 0 Å². The summed E-state index contributed by atoms with van der Waals surface area (Å²) in [7, 11) is 0. The van der Waals surface area contributed by atoms with Crippen LogP contribution in [0.5, 0.6) is 0 Å². The topological polar surface area (TPSA) is 101 Å². The van der Waals surface area contributed by atoms with Crippen molar-refractivity contribution in [2.45, 2.75) is 5.16 Å². The predicted octanol–water partition coefficient (Wildman–Crippen LogP) is 1.29. The van der Waals surface area contributed by atoms with Gasteiger partial charge in [0.25, 0.3) is 0 Å². The molecule has 2 N–H and O–H groups in total. The lowest BCUT2D eigenvalue weighted by molar-refractivity contribution is -0.133. The average molecular weight is 302 g/mol. The number of nitrogens with zero attached hydrogens (tertiary/aromatic N) is 3. The van der Waals surface area contributed by atoms with Crippen LogP contribution in [0.15, 0.2) is 46.5 Å². The standard InChI is InChI=1S/C13H10N4O3S/c18-11(19)7-21-13-16-15-12(20)17(13)10-5-1-4-9-8(10)3-2-6-14-9/h1-6H,7H2,(H,15,20)(H,18,19). The molecule has 2 heterocycles. The molecule has 21 heavy (non-hydrogen) atoms. The molecule has 0 atom stereocenters. The highest BCUT2D eigenvalue weighted by Gasteiger charge is 2.14. The van der Waals surface area contributed by atoms with Gasteiger partial charge in [-0.3, -0.25) is 9.78 Å². The Hall–Kier alpha value is -2.61. The summed E-state index contributed by atoms with van der Waals surface area (Å²) < 4.78 is 1.36. The minimum absolute atomic E-state index is 0.173. The Kier molecular flexibility index (Phi) is 3.44. The van der Waals surface area contributed by atoms with Crippen molar-refractivity contribution in [2.75, 3.05) is 5.75 Å². The molecule has 3 rings (SSSR count). The van der Waals surface area contributed by atoms with Gasteiger partial charge in [-0.2, -0.15) is 0 Å². The predicted molar refractivity (Wildman–Crippen MR) is 77.8 cm³/mol. The zero-order valence-corrected chi connectivity index (χ0v) is 11.5. The summed E-state index contributed by atoms with van der Waals surface area (Å²) in [6.07, 6.45) is 1.67. The molecule has 7 nitrogen and oxygen atoms in total. The summed E-state index contributed by atoms with van der Waals surface area (Å²) in [4.78, 5) is 26.9. The van der Waals surface area contributed by atoms with E-state index in [-0.39, 0.29) is 5.75 Å². The summed E-state index contributed by atoms with van der Waals surface area (Å²) in [6, 6.07) is 9.03. The van der Waals surface area contributed by atoms with Crippen molar-refractivity contribution >= 4 is 28.6 Å². The Morgan fingerprint density at radius 3 is 3.00 bits per heavy atom. The highest BCUT2D eigenvalue weighted by Crippen LogP contribution is 2.23. The smallest absolute Gasteiger partial charge is 0.348 e. The van der Waals surface area contributed by atoms with Gasteiger partial charge in [0.15, 0.2) is 5.16 Å². The summed E-state index contributed by atoms with van der Waals surface area (Å²) in [5.41, 5.74) is 0.948. The molecule has 1 aromatic carbocycles. The van der Waals surface area contributed by atoms with Gasteiger partial charge in [-0.1, -0.05) is 17.8 Å². The molecule has 0 saturated carbocycles. The zero-order chi connectivity index (χ0) is 14.8. The summed E-state index contributed by atoms with van der Waals surface area (Å²) >= 11 is 0.980. The number of aromatic amines is 1. The van der Waals surface area contributed by atoms with Gasteiger partial charge in [-0.15, -0.1) is 5.10 Å². The maximum atomic E-state index is 12.0. The van der Waals surface area contributed by atoms with Gasteiger partial charge < -0.3 is 5.11 Å². The highest BCUT2D eigenvalue weighted by atomic mass is 32.2. The van der Waals surface area contributed by atoms with Gasteiger partial charge in [0, 0.05) is 11.6 Å². The number of hydrogen-bond acceptors (Lipinski definition) is 5. The van der Waals surface area contributed by atoms with Gasteiger partial charge in [-0.05, 0) is 24.3 Å². The fraction of sp³-hybridized carbons (Fsp3) is 0.0769. The molecular weight excluding hydrogens is 292 g/mol. The van der Waals surface area contributed by atoms with E-state index in [1.54, 1.807) is 24.4 Å². The molecule has 0 aliphatic rings. The lowest BCUT2D eigenvalue weighted by atomic mass is 10.2. The first-order valence-corrected chi connectivity index (χ1v) is 7.01. The van der Waals surface area contributed by atoms with E-state index in [4.69, 9.17) is 5.11 Å². The van der Waals surface area contributed by atoms with Crippen LogP contribution in [0.2, 0.25) is 0 Å². The number of benzene rings is 1. The zero-order valence-electron chi connectivity index (χ0n) is 10.7. The van der Waals surface area contributed by atoms with Crippen LogP contribution in [0, 0.1) is 0 Å². The normalized spacial score (nSPS) is 10.9. The Labute approximate surface area is 122 Å². The molecule has 0 radical (unpaired) electrons. The first kappa shape index (κ1) is 13.4. The number of aromatic nitrogens is 4. The number of rotatable bonds is 4. The quantitative estimate of drug-likeness (QED) is 0.704. The summed E-state index contributed by atoms with van der Waals surface area (Å²) in [5, 5.41) is 16.1. The number of H-pyrrole nitrogens is 1. The van der Waals surface area contributed by atoms with Crippen LogP contribution >= 0.6 is 11.8 Å². The molecule has 0 fully saturated rings. The fourth-order valence-corrected chi connectivity index (χ4v) is 2.67. The maximum absolute atomic E-state index is 12.0. The molecule has 0 aliphatic carbocycles. The lowest BCUT2D eigenvalue weighted by Crippen LogP contribution is -2.16. The molecule has 2 aromatic heterocycles. The Morgan fingerprint density at radius 2 is 2.19 bits per heavy atom. The maximum Gasteiger partial charge on any atom is 0.348 e. The second-order valence-corrected chi connectivity index (χ2v) is 5.12. The first-order chi connectivity index (χ1) is 10.2. The molecule has 106 valence electrons. The number of hydrogen-bond donors (Lipinski definition) is 2. The third kappa shape index (κ3) is 2.52. The van der Waals surface area contributed by atoms with E-state index < -0.39 is 11.7 Å². The molecule has 3 aromatic rings. The van der Waals surface area contributed by atoms with Crippen molar-refractivity contribution in [3.8, 4) is 5.69 Å². The average Bonchev–Trinajstić information content (AvgIpc) is 2.85. The molecular formula is C13H10N4O3S. The van der Waals surface area contributed by atoms with Gasteiger partial charge in [0.1, 0.15) is 0 Å². The fourth-order valence-electron chi connectivity index (χ4n) is 2.00. The number of fused-ring (bicyclic) bond motifs is 1. The van der Waals surface area contributed by atoms with E-state index in [1.165, 1.54) is 4.57 Å². The van der Waals surface area contributed by atoms with Gasteiger partial charge >= 0.3 is 11.7 Å². The molecule has 0 aliphatic heterocycles. The number of thioether (sulfide) groups is 1. The first-order valence-electron chi connectivity index (χ1n) is 6.03. The van der Waals surface area contributed by atoms with Crippen molar-refractivity contribution in [1.29, 1.82) is 0 Å². The number of aliphatic carboxylic acids is 1. The molecule has 0 unspecified atom stereocenters. The number of pyridine rings is 1. The second-order valence-electron chi connectivity index (χ2n) is 4.18. The minimum Gasteiger partial charge on any atom is -0.481 e. The van der Waals surface area contributed by atoms with Crippen LogP contribution in [-0.2, 0) is 4.79 Å². The SMILES string of the molecule is O=C(O)CSc1n[nH]c(=O)n1-c1cccc2ncccc12. The van der Waals surface area contributed by atoms with Crippen molar-refractivity contribution < 1.29 is 9.90 Å². The van der Waals surface area contributed by atoms with Gasteiger partial charge in [0.05, 0.1) is 17.0 Å². The molecule has 8 heteroatoms.